The van der Waals surface area contributed by atoms with Crippen molar-refractivity contribution in [2.45, 2.75) is 56.4 Å². The van der Waals surface area contributed by atoms with Gasteiger partial charge in [-0.25, -0.2) is 8.42 Å². The van der Waals surface area contributed by atoms with Crippen LogP contribution in [0.1, 0.15) is 51.1 Å². The summed E-state index contributed by atoms with van der Waals surface area (Å²) in [5.74, 6) is 0.721. The number of aromatic amines is 1. The highest BCUT2D eigenvalue weighted by Gasteiger charge is 2.34. The van der Waals surface area contributed by atoms with Gasteiger partial charge in [0.15, 0.2) is 0 Å². The van der Waals surface area contributed by atoms with Crippen LogP contribution in [0.4, 0.5) is 0 Å². The van der Waals surface area contributed by atoms with E-state index in [9.17, 15) is 8.42 Å². The third-order valence-corrected chi connectivity index (χ3v) is 7.69. The number of hydrogen-bond acceptors (Lipinski definition) is 4. The van der Waals surface area contributed by atoms with E-state index in [0.29, 0.717) is 52.3 Å². The van der Waals surface area contributed by atoms with Gasteiger partial charge in [-0.3, -0.25) is 5.10 Å². The summed E-state index contributed by atoms with van der Waals surface area (Å²) >= 11 is 12.1. The van der Waals surface area contributed by atoms with Crippen molar-refractivity contribution in [3.63, 3.8) is 0 Å². The van der Waals surface area contributed by atoms with Crippen LogP contribution in [0.15, 0.2) is 29.3 Å². The van der Waals surface area contributed by atoms with Gasteiger partial charge >= 0.3 is 0 Å². The molecule has 1 fully saturated rings. The second-order valence-corrected chi connectivity index (χ2v) is 9.71. The zero-order valence-corrected chi connectivity index (χ0v) is 18.3. The standard InChI is InChI=1S/C19H25Cl2N3O3S/c1-3-13(4-2)19-18(12-22-23-19)28(25,26)24-9-7-15(8-10-24)27-17-6-5-14(20)11-16(17)21/h5-6,11-13,15H,3-4,7-10H2,1-2H3,(H,22,23). The number of H-pyrrole nitrogens is 1. The summed E-state index contributed by atoms with van der Waals surface area (Å²) in [7, 11) is -3.58. The Bertz CT molecular complexity index is 905. The van der Waals surface area contributed by atoms with E-state index in [2.05, 4.69) is 24.0 Å². The number of rotatable bonds is 7. The van der Waals surface area contributed by atoms with Gasteiger partial charge in [-0.1, -0.05) is 37.0 Å². The summed E-state index contributed by atoms with van der Waals surface area (Å²) in [6.07, 6.45) is 4.25. The van der Waals surface area contributed by atoms with Crippen LogP contribution in [0.25, 0.3) is 0 Å². The monoisotopic (exact) mass is 445 g/mol. The van der Waals surface area contributed by atoms with E-state index in [1.54, 1.807) is 18.2 Å². The third-order valence-electron chi connectivity index (χ3n) is 5.23. The van der Waals surface area contributed by atoms with E-state index < -0.39 is 10.0 Å². The minimum absolute atomic E-state index is 0.0898. The zero-order valence-electron chi connectivity index (χ0n) is 16.0. The molecule has 1 saturated heterocycles. The van der Waals surface area contributed by atoms with Crippen molar-refractivity contribution in [2.24, 2.45) is 0 Å². The lowest BCUT2D eigenvalue weighted by Gasteiger charge is -2.31. The Labute approximate surface area is 176 Å². The third kappa shape index (κ3) is 4.48. The fraction of sp³-hybridized carbons (Fsp3) is 0.526. The number of ether oxygens (including phenoxy) is 1. The first-order valence-electron chi connectivity index (χ1n) is 9.51. The topological polar surface area (TPSA) is 75.3 Å². The Balaban J connectivity index is 1.68. The summed E-state index contributed by atoms with van der Waals surface area (Å²) < 4.78 is 33.8. The molecule has 6 nitrogen and oxygen atoms in total. The summed E-state index contributed by atoms with van der Waals surface area (Å²) in [5, 5.41) is 7.91. The highest BCUT2D eigenvalue weighted by Crippen LogP contribution is 2.32. The molecule has 1 N–H and O–H groups in total. The van der Waals surface area contributed by atoms with Gasteiger partial charge in [-0.05, 0) is 43.9 Å². The molecule has 0 unspecified atom stereocenters. The smallest absolute Gasteiger partial charge is 0.246 e. The zero-order chi connectivity index (χ0) is 20.3. The molecular formula is C19H25Cl2N3O3S. The molecule has 0 saturated carbocycles. The van der Waals surface area contributed by atoms with Gasteiger partial charge in [-0.15, -0.1) is 0 Å². The fourth-order valence-corrected chi connectivity index (χ4v) is 5.66. The molecular weight excluding hydrogens is 421 g/mol. The largest absolute Gasteiger partial charge is 0.489 e. The van der Waals surface area contributed by atoms with Crippen molar-refractivity contribution < 1.29 is 13.2 Å². The van der Waals surface area contributed by atoms with Crippen molar-refractivity contribution in [3.05, 3.63) is 40.1 Å². The summed E-state index contributed by atoms with van der Waals surface area (Å²) in [4.78, 5) is 0.293. The lowest BCUT2D eigenvalue weighted by atomic mass is 10.00. The highest BCUT2D eigenvalue weighted by molar-refractivity contribution is 7.89. The van der Waals surface area contributed by atoms with E-state index in [-0.39, 0.29) is 12.0 Å². The number of benzene rings is 1. The molecule has 1 aliphatic rings. The van der Waals surface area contributed by atoms with Crippen LogP contribution in [0.2, 0.25) is 10.0 Å². The van der Waals surface area contributed by atoms with Crippen molar-refractivity contribution >= 4 is 33.2 Å². The Morgan fingerprint density at radius 3 is 2.54 bits per heavy atom. The van der Waals surface area contributed by atoms with E-state index in [1.807, 2.05) is 0 Å². The molecule has 2 heterocycles. The molecule has 154 valence electrons. The van der Waals surface area contributed by atoms with Gasteiger partial charge in [-0.2, -0.15) is 9.40 Å². The molecule has 0 spiro atoms. The predicted molar refractivity (Wildman–Crippen MR) is 111 cm³/mol. The van der Waals surface area contributed by atoms with Gasteiger partial charge in [0.05, 0.1) is 16.9 Å². The SMILES string of the molecule is CCC(CC)c1[nH]ncc1S(=O)(=O)N1CCC(Oc2ccc(Cl)cc2Cl)CC1. The Hall–Kier alpha value is -1.28. The van der Waals surface area contributed by atoms with Crippen molar-refractivity contribution in [1.29, 1.82) is 0 Å². The van der Waals surface area contributed by atoms with E-state index in [1.165, 1.54) is 10.5 Å². The highest BCUT2D eigenvalue weighted by atomic mass is 35.5. The molecule has 2 aromatic rings. The number of halogens is 2. The van der Waals surface area contributed by atoms with Gasteiger partial charge in [0, 0.05) is 24.0 Å². The first-order chi connectivity index (χ1) is 13.4. The van der Waals surface area contributed by atoms with Crippen molar-refractivity contribution in [1.82, 2.24) is 14.5 Å². The number of nitrogens with zero attached hydrogens (tertiary/aromatic N) is 2. The minimum atomic E-state index is -3.58. The molecule has 1 aromatic carbocycles. The molecule has 1 aliphatic heterocycles. The second kappa shape index (κ2) is 9.03. The van der Waals surface area contributed by atoms with Crippen LogP contribution in [-0.4, -0.2) is 42.1 Å². The maximum Gasteiger partial charge on any atom is 0.246 e. The van der Waals surface area contributed by atoms with Crippen LogP contribution in [0.5, 0.6) is 5.75 Å². The molecule has 0 bridgehead atoms. The average Bonchev–Trinajstić information content (AvgIpc) is 3.16. The Morgan fingerprint density at radius 2 is 1.93 bits per heavy atom. The molecule has 1 aromatic heterocycles. The molecule has 0 amide bonds. The van der Waals surface area contributed by atoms with E-state index in [0.717, 1.165) is 12.8 Å². The van der Waals surface area contributed by atoms with Gasteiger partial charge in [0.25, 0.3) is 0 Å². The quantitative estimate of drug-likeness (QED) is 0.660. The number of hydrogen-bond donors (Lipinski definition) is 1. The van der Waals surface area contributed by atoms with Gasteiger partial charge < -0.3 is 4.74 Å². The molecule has 0 atom stereocenters. The van der Waals surface area contributed by atoms with Crippen LogP contribution in [-0.2, 0) is 10.0 Å². The fourth-order valence-electron chi connectivity index (χ4n) is 3.56. The molecule has 3 rings (SSSR count). The maximum atomic E-state index is 13.2. The first kappa shape index (κ1) is 21.4. The summed E-state index contributed by atoms with van der Waals surface area (Å²) in [6, 6.07) is 5.10. The Morgan fingerprint density at radius 1 is 1.25 bits per heavy atom. The summed E-state index contributed by atoms with van der Waals surface area (Å²) in [6.45, 7) is 4.89. The van der Waals surface area contributed by atoms with Gasteiger partial charge in [0.2, 0.25) is 10.0 Å². The van der Waals surface area contributed by atoms with Crippen molar-refractivity contribution in [2.75, 3.05) is 13.1 Å². The van der Waals surface area contributed by atoms with Crippen LogP contribution < -0.4 is 4.74 Å². The number of piperidine rings is 1. The number of sulfonamides is 1. The minimum Gasteiger partial charge on any atom is -0.489 e. The first-order valence-corrected chi connectivity index (χ1v) is 11.7. The normalized spacial score (nSPS) is 16.6. The maximum absolute atomic E-state index is 13.2. The number of nitrogens with one attached hydrogen (secondary N) is 1. The number of aromatic nitrogens is 2. The van der Waals surface area contributed by atoms with Crippen molar-refractivity contribution in [3.8, 4) is 5.75 Å². The average molecular weight is 446 g/mol. The predicted octanol–water partition coefficient (Wildman–Crippen LogP) is 4.85. The van der Waals surface area contributed by atoms with Crippen LogP contribution in [0.3, 0.4) is 0 Å². The molecule has 28 heavy (non-hydrogen) atoms. The summed E-state index contributed by atoms with van der Waals surface area (Å²) in [5.41, 5.74) is 0.705. The van der Waals surface area contributed by atoms with Gasteiger partial charge in [0.1, 0.15) is 16.7 Å². The second-order valence-electron chi connectivity index (χ2n) is 6.96. The lowest BCUT2D eigenvalue weighted by molar-refractivity contribution is 0.135. The molecule has 0 radical (unpaired) electrons. The van der Waals surface area contributed by atoms with E-state index >= 15 is 0 Å². The van der Waals surface area contributed by atoms with E-state index in [4.69, 9.17) is 27.9 Å². The Kier molecular flexibility index (Phi) is 6.91. The lowest BCUT2D eigenvalue weighted by Crippen LogP contribution is -2.42. The molecule has 0 aliphatic carbocycles. The van der Waals surface area contributed by atoms with Crippen LogP contribution in [0, 0.1) is 0 Å². The molecule has 9 heteroatoms. The van der Waals surface area contributed by atoms with Crippen LogP contribution >= 0.6 is 23.2 Å².